The van der Waals surface area contributed by atoms with E-state index in [1.807, 2.05) is 0 Å². The molecular formula is C24H35N3O2. The zero-order valence-corrected chi connectivity index (χ0v) is 18.1. The number of hydrogen-bond acceptors (Lipinski definition) is 3. The fourth-order valence-corrected chi connectivity index (χ4v) is 5.88. The third-order valence-corrected chi connectivity index (χ3v) is 7.27. The molecule has 3 aliphatic rings. The molecule has 0 unspecified atom stereocenters. The van der Waals surface area contributed by atoms with Gasteiger partial charge in [0, 0.05) is 44.6 Å². The first kappa shape index (κ1) is 20.4. The standard InChI is InChI=1S/C24H35N3O2/c1-17-7-4-5-8-18(17)11-12-23(28)26-14-19-13-20(15-26)22(16-25(2)3)27-21(19)9-6-10-24(27)29/h4-5,7-8,19-22H,6,9-16H2,1-3H3/t19-,20+,21+,22+/m1/s1. The van der Waals surface area contributed by atoms with Crippen LogP contribution in [-0.2, 0) is 16.0 Å². The fourth-order valence-electron chi connectivity index (χ4n) is 5.88. The van der Waals surface area contributed by atoms with E-state index in [2.05, 4.69) is 60.0 Å². The van der Waals surface area contributed by atoms with Crippen molar-refractivity contribution >= 4 is 11.8 Å². The highest BCUT2D eigenvalue weighted by molar-refractivity contribution is 5.79. The van der Waals surface area contributed by atoms with Crippen molar-refractivity contribution < 1.29 is 9.59 Å². The Kier molecular flexibility index (Phi) is 5.95. The van der Waals surface area contributed by atoms with E-state index in [9.17, 15) is 9.59 Å². The summed E-state index contributed by atoms with van der Waals surface area (Å²) in [7, 11) is 4.17. The van der Waals surface area contributed by atoms with Crippen LogP contribution in [0.2, 0.25) is 0 Å². The summed E-state index contributed by atoms with van der Waals surface area (Å²) in [6.45, 7) is 4.64. The molecule has 3 fully saturated rings. The van der Waals surface area contributed by atoms with E-state index >= 15 is 0 Å². The van der Waals surface area contributed by atoms with Crippen molar-refractivity contribution in [3.05, 3.63) is 35.4 Å². The molecule has 1 aromatic rings. The van der Waals surface area contributed by atoms with Crippen molar-refractivity contribution in [1.82, 2.24) is 14.7 Å². The minimum Gasteiger partial charge on any atom is -0.342 e. The number of amides is 2. The van der Waals surface area contributed by atoms with E-state index in [-0.39, 0.29) is 11.9 Å². The maximum atomic E-state index is 13.1. The van der Waals surface area contributed by atoms with Crippen molar-refractivity contribution in [3.63, 3.8) is 0 Å². The van der Waals surface area contributed by atoms with Gasteiger partial charge < -0.3 is 14.7 Å². The Balaban J connectivity index is 1.47. The lowest BCUT2D eigenvalue weighted by molar-refractivity contribution is -0.157. The van der Waals surface area contributed by atoms with E-state index in [1.54, 1.807) is 0 Å². The quantitative estimate of drug-likeness (QED) is 0.767. The molecule has 4 rings (SSSR count). The number of piperidine rings is 3. The third kappa shape index (κ3) is 4.20. The van der Waals surface area contributed by atoms with Gasteiger partial charge in [0.1, 0.15) is 0 Å². The van der Waals surface area contributed by atoms with Gasteiger partial charge in [-0.3, -0.25) is 9.59 Å². The number of likely N-dealkylation sites (tertiary alicyclic amines) is 1. The van der Waals surface area contributed by atoms with Gasteiger partial charge in [0.2, 0.25) is 11.8 Å². The van der Waals surface area contributed by atoms with Crippen molar-refractivity contribution in [2.75, 3.05) is 33.7 Å². The minimum atomic E-state index is 0.242. The predicted octanol–water partition coefficient (Wildman–Crippen LogP) is 2.72. The summed E-state index contributed by atoms with van der Waals surface area (Å²) in [5.74, 6) is 1.46. The molecule has 3 saturated heterocycles. The molecule has 29 heavy (non-hydrogen) atoms. The van der Waals surface area contributed by atoms with Gasteiger partial charge in [-0.15, -0.1) is 0 Å². The molecule has 0 spiro atoms. The molecule has 0 aliphatic carbocycles. The van der Waals surface area contributed by atoms with Crippen LogP contribution >= 0.6 is 0 Å². The molecule has 0 aromatic heterocycles. The van der Waals surface area contributed by atoms with Crippen LogP contribution in [0.1, 0.15) is 43.2 Å². The van der Waals surface area contributed by atoms with Crippen LogP contribution in [-0.4, -0.2) is 72.3 Å². The Morgan fingerprint density at radius 2 is 1.93 bits per heavy atom. The molecule has 3 heterocycles. The van der Waals surface area contributed by atoms with Crippen molar-refractivity contribution in [1.29, 1.82) is 0 Å². The van der Waals surface area contributed by atoms with Gasteiger partial charge >= 0.3 is 0 Å². The van der Waals surface area contributed by atoms with Crippen LogP contribution < -0.4 is 0 Å². The lowest BCUT2D eigenvalue weighted by Crippen LogP contribution is -2.67. The van der Waals surface area contributed by atoms with Crippen molar-refractivity contribution in [2.45, 2.75) is 57.5 Å². The normalized spacial score (nSPS) is 29.2. The lowest BCUT2D eigenvalue weighted by atomic mass is 9.72. The number of hydrogen-bond donors (Lipinski definition) is 0. The van der Waals surface area contributed by atoms with Gasteiger partial charge in [-0.05, 0) is 69.7 Å². The second-order valence-electron chi connectivity index (χ2n) is 9.57. The van der Waals surface area contributed by atoms with E-state index in [4.69, 9.17) is 0 Å². The predicted molar refractivity (Wildman–Crippen MR) is 115 cm³/mol. The van der Waals surface area contributed by atoms with Gasteiger partial charge in [-0.25, -0.2) is 0 Å². The highest BCUT2D eigenvalue weighted by atomic mass is 16.2. The molecule has 5 nitrogen and oxygen atoms in total. The smallest absolute Gasteiger partial charge is 0.223 e. The number of likely N-dealkylation sites (N-methyl/N-ethyl adjacent to an activating group) is 1. The van der Waals surface area contributed by atoms with Crippen LogP contribution in [0.5, 0.6) is 0 Å². The molecule has 0 radical (unpaired) electrons. The van der Waals surface area contributed by atoms with Gasteiger partial charge in [-0.2, -0.15) is 0 Å². The monoisotopic (exact) mass is 397 g/mol. The summed E-state index contributed by atoms with van der Waals surface area (Å²) < 4.78 is 0. The highest BCUT2D eigenvalue weighted by Crippen LogP contribution is 2.41. The fraction of sp³-hybridized carbons (Fsp3) is 0.667. The maximum absolute atomic E-state index is 13.1. The second-order valence-corrected chi connectivity index (χ2v) is 9.57. The molecule has 4 atom stereocenters. The van der Waals surface area contributed by atoms with E-state index in [0.29, 0.717) is 36.6 Å². The van der Waals surface area contributed by atoms with Gasteiger partial charge in [0.05, 0.1) is 0 Å². The topological polar surface area (TPSA) is 43.9 Å². The SMILES string of the molecule is Cc1ccccc1CCC(=O)N1C[C@H]2C[C@@H](C1)[C@H](CN(C)C)N1C(=O)CCC[C@@H]21. The van der Waals surface area contributed by atoms with E-state index in [0.717, 1.165) is 45.3 Å². The molecule has 2 bridgehead atoms. The molecule has 1 aromatic carbocycles. The largest absolute Gasteiger partial charge is 0.342 e. The maximum Gasteiger partial charge on any atom is 0.223 e. The van der Waals surface area contributed by atoms with Gasteiger partial charge in [0.25, 0.3) is 0 Å². The second kappa shape index (κ2) is 8.47. The summed E-state index contributed by atoms with van der Waals surface area (Å²) in [5.41, 5.74) is 2.53. The minimum absolute atomic E-state index is 0.242. The molecule has 5 heteroatoms. The third-order valence-electron chi connectivity index (χ3n) is 7.27. The number of carbonyl (C=O) groups excluding carboxylic acids is 2. The van der Waals surface area contributed by atoms with Crippen LogP contribution in [0, 0.1) is 18.8 Å². The Hall–Kier alpha value is -1.88. The summed E-state index contributed by atoms with van der Waals surface area (Å²) in [4.78, 5) is 32.4. The Bertz CT molecular complexity index is 762. The van der Waals surface area contributed by atoms with Crippen LogP contribution in [0.3, 0.4) is 0 Å². The van der Waals surface area contributed by atoms with Crippen LogP contribution in [0.25, 0.3) is 0 Å². The molecule has 0 N–H and O–H groups in total. The highest BCUT2D eigenvalue weighted by Gasteiger charge is 2.49. The number of rotatable bonds is 5. The van der Waals surface area contributed by atoms with Crippen molar-refractivity contribution in [3.8, 4) is 0 Å². The zero-order chi connectivity index (χ0) is 20.5. The molecule has 2 amide bonds. The Labute approximate surface area is 175 Å². The number of nitrogens with zero attached hydrogens (tertiary/aromatic N) is 3. The first-order chi connectivity index (χ1) is 13.9. The van der Waals surface area contributed by atoms with Crippen molar-refractivity contribution in [2.24, 2.45) is 11.8 Å². The summed E-state index contributed by atoms with van der Waals surface area (Å²) in [6, 6.07) is 8.92. The number of fused-ring (bicyclic) bond motifs is 4. The first-order valence-electron chi connectivity index (χ1n) is 11.2. The first-order valence-corrected chi connectivity index (χ1v) is 11.2. The molecular weight excluding hydrogens is 362 g/mol. The molecule has 0 saturated carbocycles. The van der Waals surface area contributed by atoms with Gasteiger partial charge in [0.15, 0.2) is 0 Å². The summed E-state index contributed by atoms with van der Waals surface area (Å²) in [5, 5.41) is 0. The van der Waals surface area contributed by atoms with E-state index < -0.39 is 0 Å². The number of carbonyl (C=O) groups is 2. The Morgan fingerprint density at radius 1 is 1.17 bits per heavy atom. The Morgan fingerprint density at radius 3 is 2.69 bits per heavy atom. The summed E-state index contributed by atoms with van der Waals surface area (Å²) >= 11 is 0. The molecule has 158 valence electrons. The molecule has 3 aliphatic heterocycles. The average molecular weight is 398 g/mol. The number of aryl methyl sites for hydroxylation is 2. The van der Waals surface area contributed by atoms with Crippen LogP contribution in [0.15, 0.2) is 24.3 Å². The van der Waals surface area contributed by atoms with Gasteiger partial charge in [-0.1, -0.05) is 24.3 Å². The number of benzene rings is 1. The lowest BCUT2D eigenvalue weighted by Gasteiger charge is -2.57. The zero-order valence-electron chi connectivity index (χ0n) is 18.1. The van der Waals surface area contributed by atoms with Crippen LogP contribution in [0.4, 0.5) is 0 Å². The average Bonchev–Trinajstić information content (AvgIpc) is 2.70. The summed E-state index contributed by atoms with van der Waals surface area (Å²) in [6.07, 6.45) is 5.34. The van der Waals surface area contributed by atoms with E-state index in [1.165, 1.54) is 11.1 Å².